The molecule has 0 rings (SSSR count). The third-order valence-electron chi connectivity index (χ3n) is 15.5. The highest BCUT2D eigenvalue weighted by atomic mass is 31.2. The van der Waals surface area contributed by atoms with Gasteiger partial charge in [0.1, 0.15) is 6.61 Å². The molecule has 0 aliphatic carbocycles. The minimum Gasteiger partial charge on any atom is -0.462 e. The van der Waals surface area contributed by atoms with Crippen molar-refractivity contribution in [3.8, 4) is 0 Å². The SMILES string of the molecule is CC/C=C\C/C=C\C/C=C\C/C=C\C/C=C\C/C=C\CCCCCCCCCCCCCCCCCCCCCCCCC(=O)OC(COC(=O)CCCCCCCCCCCCC/C=C\C/C=C\CCCCCCC)COP(=O)(O)OCCN. The van der Waals surface area contributed by atoms with Crippen LogP contribution < -0.4 is 5.73 Å². The Balaban J connectivity index is 3.81. The van der Waals surface area contributed by atoms with Gasteiger partial charge in [-0.3, -0.25) is 18.6 Å². The molecule has 0 saturated heterocycles. The van der Waals surface area contributed by atoms with Gasteiger partial charge in [0.2, 0.25) is 0 Å². The number of unbranched alkanes of at least 4 members (excludes halogenated alkanes) is 38. The van der Waals surface area contributed by atoms with E-state index in [1.165, 1.54) is 225 Å². The maximum absolute atomic E-state index is 12.8. The molecule has 0 aromatic carbocycles. The van der Waals surface area contributed by atoms with E-state index < -0.39 is 26.5 Å². The fourth-order valence-corrected chi connectivity index (χ4v) is 11.0. The van der Waals surface area contributed by atoms with Crippen molar-refractivity contribution in [3.63, 3.8) is 0 Å². The molecule has 0 radical (unpaired) electrons. The first-order valence-corrected chi connectivity index (χ1v) is 37.2. The normalized spacial score (nSPS) is 13.5. The van der Waals surface area contributed by atoms with Crippen LogP contribution in [0.15, 0.2) is 97.2 Å². The van der Waals surface area contributed by atoms with E-state index in [2.05, 4.69) is 111 Å². The molecule has 2 unspecified atom stereocenters. The molecular weight excluding hydrogens is 1070 g/mol. The number of carbonyl (C=O) groups is 2. The largest absolute Gasteiger partial charge is 0.472 e. The fraction of sp³-hybridized carbons (Fsp3) is 0.760. The molecular formula is C75H134NO8P. The third kappa shape index (κ3) is 69.9. The highest BCUT2D eigenvalue weighted by Crippen LogP contribution is 2.43. The van der Waals surface area contributed by atoms with Gasteiger partial charge in [0.05, 0.1) is 13.2 Å². The Labute approximate surface area is 525 Å². The minimum atomic E-state index is -4.39. The van der Waals surface area contributed by atoms with E-state index in [9.17, 15) is 19.0 Å². The number of nitrogens with two attached hydrogens (primary N) is 1. The van der Waals surface area contributed by atoms with Crippen LogP contribution in [0.5, 0.6) is 0 Å². The van der Waals surface area contributed by atoms with Gasteiger partial charge in [-0.25, -0.2) is 4.57 Å². The van der Waals surface area contributed by atoms with Crippen molar-refractivity contribution in [1.29, 1.82) is 0 Å². The maximum atomic E-state index is 12.8. The summed E-state index contributed by atoms with van der Waals surface area (Å²) in [5, 5.41) is 0. The van der Waals surface area contributed by atoms with Crippen LogP contribution in [0, 0.1) is 0 Å². The van der Waals surface area contributed by atoms with E-state index in [0.717, 1.165) is 77.0 Å². The van der Waals surface area contributed by atoms with Gasteiger partial charge in [-0.2, -0.15) is 0 Å². The number of phosphoric ester groups is 1. The van der Waals surface area contributed by atoms with E-state index in [4.69, 9.17) is 24.3 Å². The van der Waals surface area contributed by atoms with Gasteiger partial charge in [0.15, 0.2) is 6.10 Å². The van der Waals surface area contributed by atoms with Crippen LogP contribution in [-0.2, 0) is 32.7 Å². The Bertz CT molecular complexity index is 1720. The molecule has 0 amide bonds. The first-order chi connectivity index (χ1) is 41.8. The number of hydrogen-bond acceptors (Lipinski definition) is 8. The van der Waals surface area contributed by atoms with E-state index in [0.29, 0.717) is 6.42 Å². The number of esters is 2. The predicted molar refractivity (Wildman–Crippen MR) is 367 cm³/mol. The molecule has 0 aromatic heterocycles. The first-order valence-electron chi connectivity index (χ1n) is 35.7. The lowest BCUT2D eigenvalue weighted by atomic mass is 10.0. The summed E-state index contributed by atoms with van der Waals surface area (Å²) in [4.78, 5) is 35.3. The molecule has 0 heterocycles. The molecule has 0 saturated carbocycles. The van der Waals surface area contributed by atoms with Crippen LogP contribution in [0.1, 0.15) is 335 Å². The maximum Gasteiger partial charge on any atom is 0.472 e. The lowest BCUT2D eigenvalue weighted by Crippen LogP contribution is -2.29. The van der Waals surface area contributed by atoms with Crippen LogP contribution in [0.3, 0.4) is 0 Å². The Kier molecular flexibility index (Phi) is 67.5. The molecule has 3 N–H and O–H groups in total. The summed E-state index contributed by atoms with van der Waals surface area (Å²) < 4.78 is 33.2. The summed E-state index contributed by atoms with van der Waals surface area (Å²) in [5.41, 5.74) is 5.40. The van der Waals surface area contributed by atoms with Crippen LogP contribution in [0.4, 0.5) is 0 Å². The predicted octanol–water partition coefficient (Wildman–Crippen LogP) is 23.5. The van der Waals surface area contributed by atoms with Crippen LogP contribution in [0.2, 0.25) is 0 Å². The Morgan fingerprint density at radius 3 is 0.965 bits per heavy atom. The van der Waals surface area contributed by atoms with Crippen molar-refractivity contribution in [2.75, 3.05) is 26.4 Å². The summed E-state index contributed by atoms with van der Waals surface area (Å²) in [5.74, 6) is -0.817. The van der Waals surface area contributed by atoms with Crippen molar-refractivity contribution in [3.05, 3.63) is 97.2 Å². The summed E-state index contributed by atoms with van der Waals surface area (Å²) in [6.45, 7) is 3.66. The molecule has 10 heteroatoms. The van der Waals surface area contributed by atoms with E-state index >= 15 is 0 Å². The Morgan fingerprint density at radius 1 is 0.365 bits per heavy atom. The Hall–Kier alpha value is -3.07. The summed E-state index contributed by atoms with van der Waals surface area (Å²) >= 11 is 0. The summed E-state index contributed by atoms with van der Waals surface area (Å²) in [7, 11) is -4.39. The van der Waals surface area contributed by atoms with Crippen molar-refractivity contribution >= 4 is 19.8 Å². The average Bonchev–Trinajstić information content (AvgIpc) is 3.52. The van der Waals surface area contributed by atoms with Gasteiger partial charge in [0.25, 0.3) is 0 Å². The van der Waals surface area contributed by atoms with Gasteiger partial charge in [0, 0.05) is 19.4 Å². The van der Waals surface area contributed by atoms with E-state index in [1.807, 2.05) is 0 Å². The van der Waals surface area contributed by atoms with E-state index in [-0.39, 0.29) is 38.6 Å². The van der Waals surface area contributed by atoms with Gasteiger partial charge in [-0.15, -0.1) is 0 Å². The molecule has 0 aliphatic heterocycles. The number of rotatable bonds is 67. The fourth-order valence-electron chi connectivity index (χ4n) is 10.2. The number of allylic oxidation sites excluding steroid dienone is 16. The second-order valence-corrected chi connectivity index (χ2v) is 25.2. The van der Waals surface area contributed by atoms with Crippen molar-refractivity contribution < 1.29 is 37.6 Å². The molecule has 0 fully saturated rings. The van der Waals surface area contributed by atoms with Crippen LogP contribution >= 0.6 is 7.82 Å². The smallest absolute Gasteiger partial charge is 0.462 e. The molecule has 492 valence electrons. The molecule has 2 atom stereocenters. The van der Waals surface area contributed by atoms with Crippen molar-refractivity contribution in [2.45, 2.75) is 341 Å². The molecule has 0 bridgehead atoms. The highest BCUT2D eigenvalue weighted by molar-refractivity contribution is 7.47. The van der Waals surface area contributed by atoms with Crippen molar-refractivity contribution in [2.24, 2.45) is 5.73 Å². The minimum absolute atomic E-state index is 0.0523. The van der Waals surface area contributed by atoms with Crippen LogP contribution in [0.25, 0.3) is 0 Å². The second-order valence-electron chi connectivity index (χ2n) is 23.7. The number of phosphoric acid groups is 1. The number of ether oxygens (including phenoxy) is 2. The number of carbonyl (C=O) groups excluding carboxylic acids is 2. The lowest BCUT2D eigenvalue weighted by Gasteiger charge is -2.19. The van der Waals surface area contributed by atoms with Gasteiger partial charge in [-0.05, 0) is 96.3 Å². The second kappa shape index (κ2) is 70.0. The van der Waals surface area contributed by atoms with Gasteiger partial charge < -0.3 is 20.1 Å². The van der Waals surface area contributed by atoms with Gasteiger partial charge in [-0.1, -0.05) is 323 Å². The molecule has 0 aliphatic rings. The lowest BCUT2D eigenvalue weighted by molar-refractivity contribution is -0.161. The average molecular weight is 1210 g/mol. The molecule has 9 nitrogen and oxygen atoms in total. The van der Waals surface area contributed by atoms with Crippen molar-refractivity contribution in [1.82, 2.24) is 0 Å². The molecule has 85 heavy (non-hydrogen) atoms. The van der Waals surface area contributed by atoms with Gasteiger partial charge >= 0.3 is 19.8 Å². The zero-order valence-electron chi connectivity index (χ0n) is 55.3. The standard InChI is InChI=1S/C75H134NO8P/c1-3-5-7-9-11-13-15-17-19-21-23-25-27-28-29-30-31-32-33-34-35-36-37-38-39-40-41-42-43-44-46-48-50-52-54-56-58-60-62-64-66-68-75(78)84-73(72-83-85(79,80)82-70-69-76)71-81-74(77)67-65-63-61-59-57-55-53-51-49-47-45-26-24-22-20-18-16-14-12-10-8-6-4-2/h5,7,11,13,16-19,22-25,28-29,31-32,73H,3-4,6,8-10,12,14-15,20-21,26-27,30,33-72,76H2,1-2H3,(H,79,80)/b7-5-,13-11-,18-16-,19-17-,24-22-,25-23-,29-28-,32-31-. The Morgan fingerprint density at radius 2 is 0.647 bits per heavy atom. The quantitative estimate of drug-likeness (QED) is 0.0264. The topological polar surface area (TPSA) is 134 Å². The zero-order chi connectivity index (χ0) is 61.6. The molecule has 0 spiro atoms. The highest BCUT2D eigenvalue weighted by Gasteiger charge is 2.26. The molecule has 0 aromatic rings. The van der Waals surface area contributed by atoms with E-state index in [1.54, 1.807) is 0 Å². The summed E-state index contributed by atoms with van der Waals surface area (Å²) in [6.07, 6.45) is 95.1. The zero-order valence-corrected chi connectivity index (χ0v) is 56.2. The van der Waals surface area contributed by atoms with Crippen LogP contribution in [-0.4, -0.2) is 49.3 Å². The summed E-state index contributed by atoms with van der Waals surface area (Å²) in [6, 6.07) is 0. The third-order valence-corrected chi connectivity index (χ3v) is 16.4. The monoisotopic (exact) mass is 1210 g/mol. The first kappa shape index (κ1) is 81.9. The number of hydrogen-bond donors (Lipinski definition) is 2.